The topological polar surface area (TPSA) is 86.9 Å². The van der Waals surface area contributed by atoms with Gasteiger partial charge in [0.25, 0.3) is 5.69 Å². The van der Waals surface area contributed by atoms with Crippen LogP contribution in [0.5, 0.6) is 0 Å². The number of carboxylic acids is 1. The molecule has 0 bridgehead atoms. The number of rotatable bonds is 5. The minimum absolute atomic E-state index is 0.00600. The normalized spacial score (nSPS) is 16.8. The number of nitro benzene ring substituents is 1. The lowest BCUT2D eigenvalue weighted by atomic mass is 10.1. The Morgan fingerprint density at radius 2 is 1.90 bits per heavy atom. The van der Waals surface area contributed by atoms with E-state index >= 15 is 0 Å². The molecule has 8 heteroatoms. The van der Waals surface area contributed by atoms with Crippen molar-refractivity contribution >= 4 is 11.7 Å². The van der Waals surface area contributed by atoms with Crippen molar-refractivity contribution in [2.24, 2.45) is 0 Å². The van der Waals surface area contributed by atoms with E-state index < -0.39 is 16.7 Å². The zero-order chi connectivity index (χ0) is 15.4. The molecule has 21 heavy (non-hydrogen) atoms. The van der Waals surface area contributed by atoms with Crippen LogP contribution in [-0.2, 0) is 11.3 Å². The standard InChI is InChI=1S/C13H16FN3O4/c14-11-1-2-12(17(20)21)10(7-11)8-15-3-5-16(6-4-15)9-13(18)19/h1-2,7H,3-6,8-9H2,(H,18,19). The molecule has 114 valence electrons. The second-order valence-electron chi connectivity index (χ2n) is 4.98. The first-order valence-corrected chi connectivity index (χ1v) is 6.55. The average Bonchev–Trinajstić information content (AvgIpc) is 2.40. The molecule has 0 saturated carbocycles. The first kappa shape index (κ1) is 15.3. The zero-order valence-corrected chi connectivity index (χ0v) is 11.4. The van der Waals surface area contributed by atoms with E-state index in [9.17, 15) is 19.3 Å². The predicted octanol–water partition coefficient (Wildman–Crippen LogP) is 0.936. The molecule has 1 aliphatic rings. The van der Waals surface area contributed by atoms with Gasteiger partial charge >= 0.3 is 5.97 Å². The fraction of sp³-hybridized carbons (Fsp3) is 0.462. The van der Waals surface area contributed by atoms with Gasteiger partial charge in [0.15, 0.2) is 0 Å². The van der Waals surface area contributed by atoms with Crippen molar-refractivity contribution in [3.05, 3.63) is 39.7 Å². The number of aliphatic carboxylic acids is 1. The fourth-order valence-corrected chi connectivity index (χ4v) is 2.40. The number of halogens is 1. The van der Waals surface area contributed by atoms with Gasteiger partial charge in [0.2, 0.25) is 0 Å². The van der Waals surface area contributed by atoms with Gasteiger partial charge in [-0.2, -0.15) is 0 Å². The summed E-state index contributed by atoms with van der Waals surface area (Å²) in [4.78, 5) is 24.8. The number of nitrogens with zero attached hydrogens (tertiary/aromatic N) is 3. The molecule has 1 aromatic rings. The highest BCUT2D eigenvalue weighted by Gasteiger charge is 2.22. The molecule has 2 rings (SSSR count). The molecule has 1 saturated heterocycles. The Morgan fingerprint density at radius 3 is 2.48 bits per heavy atom. The summed E-state index contributed by atoms with van der Waals surface area (Å²) < 4.78 is 13.3. The molecule has 1 aliphatic heterocycles. The van der Waals surface area contributed by atoms with E-state index in [1.807, 2.05) is 4.90 Å². The van der Waals surface area contributed by atoms with Crippen molar-refractivity contribution in [1.82, 2.24) is 9.80 Å². The van der Waals surface area contributed by atoms with Crippen LogP contribution in [0.4, 0.5) is 10.1 Å². The van der Waals surface area contributed by atoms with Gasteiger partial charge in [-0.05, 0) is 12.1 Å². The van der Waals surface area contributed by atoms with Crippen LogP contribution in [0.1, 0.15) is 5.56 Å². The van der Waals surface area contributed by atoms with Crippen LogP contribution < -0.4 is 0 Å². The van der Waals surface area contributed by atoms with Gasteiger partial charge in [0.05, 0.1) is 11.5 Å². The Balaban J connectivity index is 1.99. The highest BCUT2D eigenvalue weighted by molar-refractivity contribution is 5.69. The van der Waals surface area contributed by atoms with Crippen LogP contribution in [0.2, 0.25) is 0 Å². The molecular weight excluding hydrogens is 281 g/mol. The van der Waals surface area contributed by atoms with Gasteiger partial charge in [0, 0.05) is 44.4 Å². The van der Waals surface area contributed by atoms with Crippen molar-refractivity contribution < 1.29 is 19.2 Å². The Bertz CT molecular complexity index is 544. The predicted molar refractivity (Wildman–Crippen MR) is 72.4 cm³/mol. The summed E-state index contributed by atoms with van der Waals surface area (Å²) >= 11 is 0. The highest BCUT2D eigenvalue weighted by atomic mass is 19.1. The lowest BCUT2D eigenvalue weighted by Gasteiger charge is -2.33. The summed E-state index contributed by atoms with van der Waals surface area (Å²) in [5.74, 6) is -1.37. The molecule has 0 radical (unpaired) electrons. The second kappa shape index (κ2) is 6.59. The maximum absolute atomic E-state index is 13.3. The zero-order valence-electron chi connectivity index (χ0n) is 11.4. The van der Waals surface area contributed by atoms with Crippen molar-refractivity contribution in [1.29, 1.82) is 0 Å². The number of carboxylic acid groups (broad SMARTS) is 1. The van der Waals surface area contributed by atoms with Crippen LogP contribution in [-0.4, -0.2) is 58.5 Å². The first-order chi connectivity index (χ1) is 9.95. The Kier molecular flexibility index (Phi) is 4.81. The smallest absolute Gasteiger partial charge is 0.317 e. The van der Waals surface area contributed by atoms with Crippen molar-refractivity contribution in [2.45, 2.75) is 6.54 Å². The summed E-state index contributed by atoms with van der Waals surface area (Å²) in [5.41, 5.74) is 0.246. The van der Waals surface area contributed by atoms with E-state index in [4.69, 9.17) is 5.11 Å². The molecule has 0 unspecified atom stereocenters. The number of benzene rings is 1. The number of hydrogen-bond donors (Lipinski definition) is 1. The maximum atomic E-state index is 13.3. The number of carbonyl (C=O) groups is 1. The van der Waals surface area contributed by atoms with Crippen molar-refractivity contribution in [3.8, 4) is 0 Å². The molecule has 0 amide bonds. The lowest BCUT2D eigenvalue weighted by Crippen LogP contribution is -2.47. The van der Waals surface area contributed by atoms with Crippen LogP contribution in [0, 0.1) is 15.9 Å². The summed E-state index contributed by atoms with van der Waals surface area (Å²) in [6.45, 7) is 2.63. The van der Waals surface area contributed by atoms with Crippen LogP contribution in [0.25, 0.3) is 0 Å². The molecule has 1 heterocycles. The first-order valence-electron chi connectivity index (χ1n) is 6.55. The second-order valence-corrected chi connectivity index (χ2v) is 4.98. The van der Waals surface area contributed by atoms with Gasteiger partial charge in [-0.3, -0.25) is 24.7 Å². The quantitative estimate of drug-likeness (QED) is 0.643. The monoisotopic (exact) mass is 297 g/mol. The number of nitro groups is 1. The van der Waals surface area contributed by atoms with Gasteiger partial charge < -0.3 is 5.11 Å². The van der Waals surface area contributed by atoms with Crippen LogP contribution >= 0.6 is 0 Å². The number of hydrogen-bond acceptors (Lipinski definition) is 5. The van der Waals surface area contributed by atoms with Crippen LogP contribution in [0.15, 0.2) is 18.2 Å². The molecule has 0 spiro atoms. The minimum Gasteiger partial charge on any atom is -0.480 e. The van der Waals surface area contributed by atoms with Crippen molar-refractivity contribution in [3.63, 3.8) is 0 Å². The largest absolute Gasteiger partial charge is 0.480 e. The molecule has 7 nitrogen and oxygen atoms in total. The third kappa shape index (κ3) is 4.20. The van der Waals surface area contributed by atoms with Gasteiger partial charge in [-0.1, -0.05) is 0 Å². The minimum atomic E-state index is -0.871. The summed E-state index contributed by atoms with van der Waals surface area (Å²) in [7, 11) is 0. The maximum Gasteiger partial charge on any atom is 0.317 e. The van der Waals surface area contributed by atoms with E-state index in [-0.39, 0.29) is 18.8 Å². The summed E-state index contributed by atoms with van der Waals surface area (Å²) in [5, 5.41) is 19.7. The van der Waals surface area contributed by atoms with E-state index in [0.717, 1.165) is 6.07 Å². The van der Waals surface area contributed by atoms with E-state index in [1.54, 1.807) is 4.90 Å². The number of piperazine rings is 1. The molecular formula is C13H16FN3O4. The molecule has 0 atom stereocenters. The lowest BCUT2D eigenvalue weighted by molar-refractivity contribution is -0.385. The Morgan fingerprint density at radius 1 is 1.29 bits per heavy atom. The van der Waals surface area contributed by atoms with Gasteiger partial charge in [-0.15, -0.1) is 0 Å². The fourth-order valence-electron chi connectivity index (χ4n) is 2.40. The summed E-state index contributed by atoms with van der Waals surface area (Å²) in [6.07, 6.45) is 0. The average molecular weight is 297 g/mol. The molecule has 1 aromatic carbocycles. The SMILES string of the molecule is O=C(O)CN1CCN(Cc2cc(F)ccc2[N+](=O)[O-])CC1. The van der Waals surface area contributed by atoms with Crippen LogP contribution in [0.3, 0.4) is 0 Å². The molecule has 1 N–H and O–H groups in total. The summed E-state index contributed by atoms with van der Waals surface area (Å²) in [6, 6.07) is 3.43. The Hall–Kier alpha value is -2.06. The molecule has 1 fully saturated rings. The van der Waals surface area contributed by atoms with Gasteiger partial charge in [-0.25, -0.2) is 4.39 Å². The molecule has 0 aliphatic carbocycles. The van der Waals surface area contributed by atoms with E-state index in [2.05, 4.69) is 0 Å². The highest BCUT2D eigenvalue weighted by Crippen LogP contribution is 2.21. The van der Waals surface area contributed by atoms with Crippen molar-refractivity contribution in [2.75, 3.05) is 32.7 Å². The van der Waals surface area contributed by atoms with E-state index in [0.29, 0.717) is 31.7 Å². The van der Waals surface area contributed by atoms with Gasteiger partial charge in [0.1, 0.15) is 5.82 Å². The third-order valence-corrected chi connectivity index (χ3v) is 3.46. The van der Waals surface area contributed by atoms with E-state index in [1.165, 1.54) is 12.1 Å². The third-order valence-electron chi connectivity index (χ3n) is 3.46. The Labute approximate surface area is 120 Å². The molecule has 0 aromatic heterocycles.